The van der Waals surface area contributed by atoms with Crippen LogP contribution in [0.3, 0.4) is 0 Å². The first kappa shape index (κ1) is 16.8. The molecule has 3 rings (SSSR count). The molecular weight excluding hydrogens is 337 g/mol. The molecule has 2 heterocycles. The van der Waals surface area contributed by atoms with E-state index in [1.807, 2.05) is 11.4 Å². The minimum Gasteiger partial charge on any atom is -0.331 e. The maximum absolute atomic E-state index is 12.8. The third-order valence-electron chi connectivity index (χ3n) is 4.15. The van der Waals surface area contributed by atoms with E-state index in [-0.39, 0.29) is 6.03 Å². The van der Waals surface area contributed by atoms with Crippen LogP contribution < -0.4 is 5.32 Å². The highest BCUT2D eigenvalue weighted by Gasteiger charge is 2.31. The lowest BCUT2D eigenvalue weighted by molar-refractivity contribution is -0.137. The number of hydrogen-bond donors (Lipinski definition) is 1. The van der Waals surface area contributed by atoms with E-state index in [9.17, 15) is 18.0 Å². The van der Waals surface area contributed by atoms with Crippen molar-refractivity contribution in [3.8, 4) is 0 Å². The van der Waals surface area contributed by atoms with Crippen LogP contribution in [0.15, 0.2) is 35.7 Å². The number of carbonyl (C=O) groups is 1. The number of carbonyl (C=O) groups excluding carboxylic acids is 1. The Kier molecular flexibility index (Phi) is 4.54. The Hall–Kier alpha value is -2.02. The van der Waals surface area contributed by atoms with Crippen molar-refractivity contribution in [1.29, 1.82) is 0 Å². The average molecular weight is 354 g/mol. The Bertz CT molecular complexity index is 741. The van der Waals surface area contributed by atoms with Crippen LogP contribution in [0.4, 0.5) is 18.0 Å². The molecular formula is C17H17F3N2OS. The topological polar surface area (TPSA) is 32.3 Å². The van der Waals surface area contributed by atoms with Crippen LogP contribution in [-0.4, -0.2) is 17.5 Å². The highest BCUT2D eigenvalue weighted by molar-refractivity contribution is 7.10. The number of fused-ring (bicyclic) bond motifs is 1. The molecule has 2 amide bonds. The quantitative estimate of drug-likeness (QED) is 0.840. The number of hydrogen-bond acceptors (Lipinski definition) is 2. The van der Waals surface area contributed by atoms with Gasteiger partial charge in [-0.05, 0) is 48.1 Å². The number of nitrogens with one attached hydrogen (secondary N) is 1. The number of amides is 2. The summed E-state index contributed by atoms with van der Waals surface area (Å²) in [6, 6.07) is 6.32. The van der Waals surface area contributed by atoms with Gasteiger partial charge in [0.25, 0.3) is 0 Å². The molecule has 1 aromatic carbocycles. The molecule has 0 saturated carbocycles. The Morgan fingerprint density at radius 2 is 2.12 bits per heavy atom. The molecule has 128 valence electrons. The van der Waals surface area contributed by atoms with Crippen molar-refractivity contribution in [2.24, 2.45) is 0 Å². The van der Waals surface area contributed by atoms with Gasteiger partial charge < -0.3 is 10.2 Å². The van der Waals surface area contributed by atoms with Crippen LogP contribution in [0.1, 0.15) is 34.5 Å². The third kappa shape index (κ3) is 3.56. The zero-order valence-electron chi connectivity index (χ0n) is 13.1. The molecule has 2 aromatic rings. The summed E-state index contributed by atoms with van der Waals surface area (Å²) in [5, 5.41) is 4.80. The van der Waals surface area contributed by atoms with E-state index in [1.165, 1.54) is 10.9 Å². The monoisotopic (exact) mass is 354 g/mol. The van der Waals surface area contributed by atoms with Crippen molar-refractivity contribution in [3.05, 3.63) is 57.3 Å². The molecule has 1 N–H and O–H groups in total. The normalized spacial score (nSPS) is 15.8. The van der Waals surface area contributed by atoms with E-state index in [2.05, 4.69) is 5.32 Å². The lowest BCUT2D eigenvalue weighted by atomic mass is 10.0. The fourth-order valence-electron chi connectivity index (χ4n) is 2.77. The maximum atomic E-state index is 12.8. The fourth-order valence-corrected chi connectivity index (χ4v) is 3.66. The zero-order chi connectivity index (χ0) is 17.3. The third-order valence-corrected chi connectivity index (χ3v) is 5.17. The Balaban J connectivity index is 1.67. The Labute approximate surface area is 142 Å². The van der Waals surface area contributed by atoms with Gasteiger partial charge in [0.15, 0.2) is 0 Å². The highest BCUT2D eigenvalue weighted by Crippen LogP contribution is 2.31. The first-order valence-electron chi connectivity index (χ1n) is 7.62. The summed E-state index contributed by atoms with van der Waals surface area (Å²) in [5.41, 5.74) is 0.876. The number of rotatable bonds is 2. The SMILES string of the molecule is CC(NC(=O)N1CCc2sccc2C1)c1cccc(C(F)(F)F)c1. The van der Waals surface area contributed by atoms with Gasteiger partial charge in [-0.1, -0.05) is 12.1 Å². The second-order valence-corrected chi connectivity index (χ2v) is 6.84. The van der Waals surface area contributed by atoms with Gasteiger partial charge in [-0.15, -0.1) is 11.3 Å². The zero-order valence-corrected chi connectivity index (χ0v) is 13.9. The number of halogens is 3. The summed E-state index contributed by atoms with van der Waals surface area (Å²) < 4.78 is 38.4. The summed E-state index contributed by atoms with van der Waals surface area (Å²) in [7, 11) is 0. The van der Waals surface area contributed by atoms with Gasteiger partial charge in [0.1, 0.15) is 0 Å². The van der Waals surface area contributed by atoms with Gasteiger partial charge in [0.05, 0.1) is 11.6 Å². The highest BCUT2D eigenvalue weighted by atomic mass is 32.1. The molecule has 1 aromatic heterocycles. The van der Waals surface area contributed by atoms with E-state index in [1.54, 1.807) is 29.2 Å². The van der Waals surface area contributed by atoms with Crippen molar-refractivity contribution < 1.29 is 18.0 Å². The molecule has 3 nitrogen and oxygen atoms in total. The first-order chi connectivity index (χ1) is 11.3. The predicted molar refractivity (Wildman–Crippen MR) is 86.8 cm³/mol. The van der Waals surface area contributed by atoms with Gasteiger partial charge in [-0.25, -0.2) is 4.79 Å². The molecule has 0 fully saturated rings. The van der Waals surface area contributed by atoms with Crippen LogP contribution >= 0.6 is 11.3 Å². The molecule has 1 atom stereocenters. The number of benzene rings is 1. The maximum Gasteiger partial charge on any atom is 0.416 e. The van der Waals surface area contributed by atoms with Gasteiger partial charge in [-0.3, -0.25) is 0 Å². The van der Waals surface area contributed by atoms with Gasteiger partial charge in [0, 0.05) is 18.0 Å². The summed E-state index contributed by atoms with van der Waals surface area (Å²) in [4.78, 5) is 15.4. The second-order valence-electron chi connectivity index (χ2n) is 5.83. The smallest absolute Gasteiger partial charge is 0.331 e. The molecule has 0 bridgehead atoms. The van der Waals surface area contributed by atoms with Gasteiger partial charge in [-0.2, -0.15) is 13.2 Å². The van der Waals surface area contributed by atoms with Crippen LogP contribution in [0, 0.1) is 0 Å². The largest absolute Gasteiger partial charge is 0.416 e. The van der Waals surface area contributed by atoms with E-state index in [0.29, 0.717) is 18.7 Å². The number of alkyl halides is 3. The van der Waals surface area contributed by atoms with E-state index >= 15 is 0 Å². The first-order valence-corrected chi connectivity index (χ1v) is 8.50. The molecule has 24 heavy (non-hydrogen) atoms. The molecule has 0 aliphatic carbocycles. The van der Waals surface area contributed by atoms with E-state index in [4.69, 9.17) is 0 Å². The summed E-state index contributed by atoms with van der Waals surface area (Å²) in [6.07, 6.45) is -3.57. The van der Waals surface area contributed by atoms with Crippen LogP contribution in [0.5, 0.6) is 0 Å². The molecule has 1 aliphatic rings. The van der Waals surface area contributed by atoms with Gasteiger partial charge >= 0.3 is 12.2 Å². The summed E-state index contributed by atoms with van der Waals surface area (Å²) in [6.45, 7) is 2.85. The van der Waals surface area contributed by atoms with Crippen LogP contribution in [0.2, 0.25) is 0 Å². The molecule has 1 aliphatic heterocycles. The second kappa shape index (κ2) is 6.47. The fraction of sp³-hybridized carbons (Fsp3) is 0.353. The molecule has 7 heteroatoms. The van der Waals surface area contributed by atoms with Gasteiger partial charge in [0.2, 0.25) is 0 Å². The van der Waals surface area contributed by atoms with Crippen molar-refractivity contribution in [2.45, 2.75) is 32.1 Å². The number of urea groups is 1. The van der Waals surface area contributed by atoms with Crippen molar-refractivity contribution >= 4 is 17.4 Å². The lowest BCUT2D eigenvalue weighted by Crippen LogP contribution is -2.43. The number of thiophene rings is 1. The lowest BCUT2D eigenvalue weighted by Gasteiger charge is -2.28. The summed E-state index contributed by atoms with van der Waals surface area (Å²) >= 11 is 1.69. The predicted octanol–water partition coefficient (Wildman–Crippen LogP) is 4.60. The van der Waals surface area contributed by atoms with E-state index in [0.717, 1.165) is 24.1 Å². The number of nitrogens with zero attached hydrogens (tertiary/aromatic N) is 1. The molecule has 0 saturated heterocycles. The van der Waals surface area contributed by atoms with E-state index < -0.39 is 17.8 Å². The average Bonchev–Trinajstić information content (AvgIpc) is 3.01. The minimum absolute atomic E-state index is 0.253. The minimum atomic E-state index is -4.39. The molecule has 0 radical (unpaired) electrons. The molecule has 0 spiro atoms. The Morgan fingerprint density at radius 3 is 2.88 bits per heavy atom. The van der Waals surface area contributed by atoms with Crippen molar-refractivity contribution in [1.82, 2.24) is 10.2 Å². The van der Waals surface area contributed by atoms with Crippen molar-refractivity contribution in [3.63, 3.8) is 0 Å². The summed E-state index contributed by atoms with van der Waals surface area (Å²) in [5.74, 6) is 0. The standard InChI is InChI=1S/C17H17F3N2OS/c1-11(12-3-2-4-14(9-12)17(18,19)20)21-16(23)22-7-5-15-13(10-22)6-8-24-15/h2-4,6,8-9,11H,5,7,10H2,1H3,(H,21,23). The van der Waals surface area contributed by atoms with Crippen molar-refractivity contribution in [2.75, 3.05) is 6.54 Å². The molecule has 1 unspecified atom stereocenters. The van der Waals surface area contributed by atoms with Crippen LogP contribution in [-0.2, 0) is 19.1 Å². The van der Waals surface area contributed by atoms with Crippen LogP contribution in [0.25, 0.3) is 0 Å². The Morgan fingerprint density at radius 1 is 1.33 bits per heavy atom.